The van der Waals surface area contributed by atoms with Gasteiger partial charge in [-0.3, -0.25) is 0 Å². The van der Waals surface area contributed by atoms with E-state index < -0.39 is 10.4 Å². The van der Waals surface area contributed by atoms with Crippen LogP contribution in [0.4, 0.5) is 0 Å². The van der Waals surface area contributed by atoms with Crippen molar-refractivity contribution in [1.82, 2.24) is 0 Å². The first-order chi connectivity index (χ1) is 17.7. The molecule has 0 amide bonds. The minimum atomic E-state index is -3.88. The lowest BCUT2D eigenvalue weighted by Gasteiger charge is -2.14. The van der Waals surface area contributed by atoms with Gasteiger partial charge < -0.3 is 0 Å². The number of unbranched alkanes of at least 4 members (excludes halogenated alkanes) is 12. The van der Waals surface area contributed by atoms with Crippen LogP contribution < -0.4 is 0 Å². The molecule has 0 saturated heterocycles. The minimum absolute atomic E-state index is 0.226. The van der Waals surface area contributed by atoms with Gasteiger partial charge >= 0.3 is 10.4 Å². The van der Waals surface area contributed by atoms with Gasteiger partial charge in [-0.05, 0) is 36.5 Å². The molecule has 0 aliphatic heterocycles. The van der Waals surface area contributed by atoms with Crippen LogP contribution in [0.2, 0.25) is 0 Å². The fourth-order valence-electron chi connectivity index (χ4n) is 4.75. The highest BCUT2D eigenvalue weighted by molar-refractivity contribution is 7.81. The summed E-state index contributed by atoms with van der Waals surface area (Å²) < 4.78 is 34.5. The molecule has 0 bridgehead atoms. The molecule has 224 valence electrons. The maximum absolute atomic E-state index is 12.1. The summed E-state index contributed by atoms with van der Waals surface area (Å²) in [5.74, 6) is 2.22. The van der Waals surface area contributed by atoms with E-state index in [0.29, 0.717) is 0 Å². The van der Waals surface area contributed by atoms with Gasteiger partial charge in [0.1, 0.15) is 0 Å². The average Bonchev–Trinajstić information content (AvgIpc) is 2.88. The molecule has 0 rings (SSSR count). The van der Waals surface area contributed by atoms with Crippen LogP contribution in [-0.2, 0) is 18.8 Å². The monoisotopic (exact) mass is 546 g/mol. The molecule has 0 N–H and O–H groups in total. The van der Waals surface area contributed by atoms with Gasteiger partial charge in [0, 0.05) is 0 Å². The van der Waals surface area contributed by atoms with E-state index in [9.17, 15) is 8.42 Å². The first-order valence-corrected chi connectivity index (χ1v) is 17.6. The fourth-order valence-corrected chi connectivity index (χ4v) is 5.61. The molecule has 0 aromatic carbocycles. The fraction of sp³-hybridized carbons (Fsp3) is 1.00. The Bertz CT molecular complexity index is 533. The van der Waals surface area contributed by atoms with Crippen LogP contribution in [0.1, 0.15) is 170 Å². The summed E-state index contributed by atoms with van der Waals surface area (Å²) in [5, 5.41) is 0. The van der Waals surface area contributed by atoms with Crippen molar-refractivity contribution in [2.75, 3.05) is 13.2 Å². The Morgan fingerprint density at radius 1 is 0.432 bits per heavy atom. The minimum Gasteiger partial charge on any atom is -0.248 e. The molecule has 0 heterocycles. The van der Waals surface area contributed by atoms with Gasteiger partial charge in [-0.1, -0.05) is 157 Å². The van der Waals surface area contributed by atoms with E-state index in [1.54, 1.807) is 0 Å². The lowest BCUT2D eigenvalue weighted by atomic mass is 9.99. The lowest BCUT2D eigenvalue weighted by molar-refractivity contribution is 0.170. The predicted octanol–water partition coefficient (Wildman–Crippen LogP) is 10.7. The third-order valence-corrected chi connectivity index (χ3v) is 9.02. The maximum Gasteiger partial charge on any atom is 0.399 e. The van der Waals surface area contributed by atoms with Crippen molar-refractivity contribution in [3.63, 3.8) is 0 Å². The van der Waals surface area contributed by atoms with Crippen LogP contribution in [0.25, 0.3) is 0 Å². The highest BCUT2D eigenvalue weighted by atomic mass is 32.3. The maximum atomic E-state index is 12.1. The molecular formula is C32H66O4S. The summed E-state index contributed by atoms with van der Waals surface area (Å²) in [6.45, 7) is 13.8. The van der Waals surface area contributed by atoms with Crippen LogP contribution in [0.15, 0.2) is 0 Å². The second-order valence-electron chi connectivity index (χ2n) is 12.3. The molecule has 0 aliphatic carbocycles. The van der Waals surface area contributed by atoms with Crippen LogP contribution in [-0.4, -0.2) is 21.6 Å². The first-order valence-electron chi connectivity index (χ1n) is 16.2. The van der Waals surface area contributed by atoms with E-state index in [0.717, 1.165) is 37.5 Å². The molecule has 0 spiro atoms. The molecule has 0 aliphatic rings. The Balaban J connectivity index is 3.63. The molecule has 4 nitrogen and oxygen atoms in total. The van der Waals surface area contributed by atoms with Gasteiger partial charge in [0.05, 0.1) is 13.2 Å². The van der Waals surface area contributed by atoms with Crippen LogP contribution >= 0.6 is 0 Å². The summed E-state index contributed by atoms with van der Waals surface area (Å²) in [6.07, 6.45) is 25.5. The van der Waals surface area contributed by atoms with Gasteiger partial charge in [-0.2, -0.15) is 8.42 Å². The first kappa shape index (κ1) is 36.9. The van der Waals surface area contributed by atoms with Crippen molar-refractivity contribution in [3.8, 4) is 0 Å². The van der Waals surface area contributed by atoms with Crippen molar-refractivity contribution in [3.05, 3.63) is 0 Å². The van der Waals surface area contributed by atoms with E-state index in [1.165, 1.54) is 103 Å². The average molecular weight is 547 g/mol. The molecule has 0 saturated carbocycles. The molecule has 4 unspecified atom stereocenters. The molecule has 0 aromatic heterocycles. The van der Waals surface area contributed by atoms with Crippen LogP contribution in [0, 0.1) is 23.7 Å². The molecular weight excluding hydrogens is 480 g/mol. The Labute approximate surface area is 233 Å². The summed E-state index contributed by atoms with van der Waals surface area (Å²) in [4.78, 5) is 0. The zero-order chi connectivity index (χ0) is 27.8. The largest absolute Gasteiger partial charge is 0.399 e. The van der Waals surface area contributed by atoms with E-state index >= 15 is 0 Å². The molecule has 0 aromatic rings. The van der Waals surface area contributed by atoms with Crippen molar-refractivity contribution >= 4 is 10.4 Å². The van der Waals surface area contributed by atoms with Crippen LogP contribution in [0.5, 0.6) is 0 Å². The molecule has 0 fully saturated rings. The zero-order valence-corrected chi connectivity index (χ0v) is 26.7. The Morgan fingerprint density at radius 2 is 0.676 bits per heavy atom. The van der Waals surface area contributed by atoms with Crippen molar-refractivity contribution in [1.29, 1.82) is 0 Å². The lowest BCUT2D eigenvalue weighted by Crippen LogP contribution is -2.18. The Morgan fingerprint density at radius 3 is 0.946 bits per heavy atom. The van der Waals surface area contributed by atoms with Gasteiger partial charge in [-0.25, -0.2) is 8.37 Å². The number of hydrogen-bond donors (Lipinski definition) is 0. The van der Waals surface area contributed by atoms with Gasteiger partial charge in [-0.15, -0.1) is 0 Å². The number of hydrogen-bond acceptors (Lipinski definition) is 4. The van der Waals surface area contributed by atoms with Crippen LogP contribution in [0.3, 0.4) is 0 Å². The second-order valence-corrected chi connectivity index (χ2v) is 13.6. The summed E-state index contributed by atoms with van der Waals surface area (Å²) in [5.41, 5.74) is 0. The smallest absolute Gasteiger partial charge is 0.248 e. The molecule has 37 heavy (non-hydrogen) atoms. The van der Waals surface area contributed by atoms with Gasteiger partial charge in [0.25, 0.3) is 0 Å². The van der Waals surface area contributed by atoms with Gasteiger partial charge in [0.15, 0.2) is 0 Å². The topological polar surface area (TPSA) is 52.6 Å². The van der Waals surface area contributed by atoms with E-state index in [2.05, 4.69) is 41.5 Å². The second kappa shape index (κ2) is 24.9. The highest BCUT2D eigenvalue weighted by Gasteiger charge is 2.16. The standard InChI is InChI=1S/C32H66O4S/c1-7-29(3)23-19-15-11-9-13-17-21-25-31(5)27-35-37(33,34)36-28-32(6)26-22-18-14-10-12-16-20-24-30(4)8-2/h29-32H,7-28H2,1-6H3. The van der Waals surface area contributed by atoms with E-state index in [4.69, 9.17) is 8.37 Å². The zero-order valence-electron chi connectivity index (χ0n) is 25.9. The predicted molar refractivity (Wildman–Crippen MR) is 161 cm³/mol. The summed E-state index contributed by atoms with van der Waals surface area (Å²) >= 11 is 0. The molecule has 4 atom stereocenters. The SMILES string of the molecule is CCC(C)CCCCCCCCCC(C)COS(=O)(=O)OCC(C)CCCCCCCCCC(C)CC. The van der Waals surface area contributed by atoms with Crippen molar-refractivity contribution in [2.45, 2.75) is 170 Å². The third-order valence-electron chi connectivity index (χ3n) is 8.18. The summed E-state index contributed by atoms with van der Waals surface area (Å²) in [7, 11) is -3.88. The van der Waals surface area contributed by atoms with E-state index in [-0.39, 0.29) is 25.0 Å². The van der Waals surface area contributed by atoms with Gasteiger partial charge in [0.2, 0.25) is 0 Å². The normalized spacial score (nSPS) is 15.5. The summed E-state index contributed by atoms with van der Waals surface area (Å²) in [6, 6.07) is 0. The quantitative estimate of drug-likeness (QED) is 0.0916. The molecule has 5 heteroatoms. The molecule has 0 radical (unpaired) electrons. The Kier molecular flexibility index (Phi) is 24.8. The van der Waals surface area contributed by atoms with Crippen molar-refractivity contribution in [2.24, 2.45) is 23.7 Å². The van der Waals surface area contributed by atoms with E-state index in [1.807, 2.05) is 0 Å². The highest BCUT2D eigenvalue weighted by Crippen LogP contribution is 2.18. The number of rotatable bonds is 28. The van der Waals surface area contributed by atoms with Crippen molar-refractivity contribution < 1.29 is 16.8 Å². The third kappa shape index (κ3) is 25.9. The Hall–Kier alpha value is -0.130.